The molecule has 1 saturated heterocycles. The Balaban J connectivity index is 1.68. The van der Waals surface area contributed by atoms with E-state index >= 15 is 0 Å². The average molecular weight is 368 g/mol. The minimum Gasteiger partial charge on any atom is -0.381 e. The van der Waals surface area contributed by atoms with Crippen LogP contribution in [0.5, 0.6) is 0 Å². The minimum absolute atomic E-state index is 0.0203. The van der Waals surface area contributed by atoms with Crippen LogP contribution in [0.1, 0.15) is 29.8 Å². The lowest BCUT2D eigenvalue weighted by molar-refractivity contribution is -0.122. The molecule has 2 aromatic rings. The number of amides is 1. The summed E-state index contributed by atoms with van der Waals surface area (Å²) in [6.45, 7) is 6.10. The first-order valence-corrected chi connectivity index (χ1v) is 9.58. The topological polar surface area (TPSA) is 76.1 Å². The fourth-order valence-corrected chi connectivity index (χ4v) is 3.32. The van der Waals surface area contributed by atoms with E-state index in [9.17, 15) is 4.79 Å². The van der Waals surface area contributed by atoms with Crippen LogP contribution in [0.2, 0.25) is 0 Å². The number of aromatic nitrogens is 2. The van der Waals surface area contributed by atoms with Crippen LogP contribution in [0, 0.1) is 19.8 Å². The number of anilines is 1. The number of ether oxygens (including phenoxy) is 1. The maximum absolute atomic E-state index is 12.9. The zero-order chi connectivity index (χ0) is 19.1. The third-order valence-corrected chi connectivity index (χ3v) is 4.79. The molecule has 1 atom stereocenters. The number of nitrogens with zero attached hydrogens (tertiary/aromatic N) is 2. The third-order valence-electron chi connectivity index (χ3n) is 4.79. The lowest BCUT2D eigenvalue weighted by Crippen LogP contribution is -2.43. The van der Waals surface area contributed by atoms with Gasteiger partial charge in [-0.3, -0.25) is 4.79 Å². The number of aryl methyl sites for hydroxylation is 2. The summed E-state index contributed by atoms with van der Waals surface area (Å²) < 4.78 is 5.39. The lowest BCUT2D eigenvalue weighted by atomic mass is 10.00. The summed E-state index contributed by atoms with van der Waals surface area (Å²) in [6.07, 6.45) is 2.57. The van der Waals surface area contributed by atoms with Gasteiger partial charge in [-0.25, -0.2) is 9.97 Å². The number of hydrogen-bond acceptors (Lipinski definition) is 5. The molecule has 1 aliphatic rings. The van der Waals surface area contributed by atoms with E-state index in [4.69, 9.17) is 4.74 Å². The summed E-state index contributed by atoms with van der Waals surface area (Å²) in [6, 6.07) is 11.5. The molecule has 2 N–H and O–H groups in total. The summed E-state index contributed by atoms with van der Waals surface area (Å²) in [5, 5.41) is 6.35. The molecule has 6 nitrogen and oxygen atoms in total. The first kappa shape index (κ1) is 19.3. The highest BCUT2D eigenvalue weighted by atomic mass is 16.5. The first-order valence-electron chi connectivity index (χ1n) is 9.58. The maximum atomic E-state index is 12.9. The monoisotopic (exact) mass is 368 g/mol. The largest absolute Gasteiger partial charge is 0.381 e. The van der Waals surface area contributed by atoms with Gasteiger partial charge in [0.1, 0.15) is 6.04 Å². The van der Waals surface area contributed by atoms with Crippen LogP contribution < -0.4 is 10.6 Å². The van der Waals surface area contributed by atoms with Crippen LogP contribution in [-0.2, 0) is 16.0 Å². The van der Waals surface area contributed by atoms with Crippen molar-refractivity contribution in [3.05, 3.63) is 53.3 Å². The molecule has 0 bridgehead atoms. The molecule has 0 spiro atoms. The van der Waals surface area contributed by atoms with Gasteiger partial charge in [0.2, 0.25) is 11.9 Å². The van der Waals surface area contributed by atoms with E-state index in [1.165, 1.54) is 0 Å². The quantitative estimate of drug-likeness (QED) is 0.786. The van der Waals surface area contributed by atoms with Gasteiger partial charge in [0.15, 0.2) is 0 Å². The van der Waals surface area contributed by atoms with Crippen molar-refractivity contribution >= 4 is 11.9 Å². The molecule has 0 saturated carbocycles. The first-order chi connectivity index (χ1) is 13.1. The zero-order valence-corrected chi connectivity index (χ0v) is 16.1. The molecule has 0 aliphatic carbocycles. The fraction of sp³-hybridized carbons (Fsp3) is 0.476. The predicted molar refractivity (Wildman–Crippen MR) is 106 cm³/mol. The number of benzene rings is 1. The van der Waals surface area contributed by atoms with E-state index in [0.717, 1.165) is 43.0 Å². The molecule has 1 aromatic carbocycles. The molecule has 0 radical (unpaired) electrons. The van der Waals surface area contributed by atoms with E-state index in [1.54, 1.807) is 0 Å². The average Bonchev–Trinajstić information content (AvgIpc) is 2.66. The Morgan fingerprint density at radius 3 is 2.48 bits per heavy atom. The third kappa shape index (κ3) is 6.03. The number of rotatable bonds is 7. The van der Waals surface area contributed by atoms with Gasteiger partial charge >= 0.3 is 0 Å². The van der Waals surface area contributed by atoms with Crippen molar-refractivity contribution in [2.24, 2.45) is 5.92 Å². The summed E-state index contributed by atoms with van der Waals surface area (Å²) in [4.78, 5) is 21.8. The van der Waals surface area contributed by atoms with Crippen molar-refractivity contribution in [2.45, 2.75) is 39.2 Å². The van der Waals surface area contributed by atoms with Gasteiger partial charge in [-0.15, -0.1) is 0 Å². The van der Waals surface area contributed by atoms with Gasteiger partial charge in [0, 0.05) is 37.6 Å². The van der Waals surface area contributed by atoms with E-state index in [0.29, 0.717) is 24.8 Å². The molecule has 3 rings (SSSR count). The SMILES string of the molecule is Cc1cc(C)nc(N[C@H](Cc2ccccc2)C(=O)NCC2CCOCC2)n1. The van der Waals surface area contributed by atoms with Gasteiger partial charge in [-0.1, -0.05) is 30.3 Å². The van der Waals surface area contributed by atoms with Crippen LogP contribution in [0.25, 0.3) is 0 Å². The van der Waals surface area contributed by atoms with E-state index in [1.807, 2.05) is 50.2 Å². The summed E-state index contributed by atoms with van der Waals surface area (Å²) in [5.41, 5.74) is 2.86. The Kier molecular flexibility index (Phi) is 6.76. The Labute approximate surface area is 160 Å². The molecule has 0 unspecified atom stereocenters. The van der Waals surface area contributed by atoms with E-state index < -0.39 is 6.04 Å². The maximum Gasteiger partial charge on any atom is 0.242 e. The normalized spacial score (nSPS) is 15.9. The fourth-order valence-electron chi connectivity index (χ4n) is 3.32. The molecule has 1 aromatic heterocycles. The second-order valence-corrected chi connectivity index (χ2v) is 7.16. The zero-order valence-electron chi connectivity index (χ0n) is 16.1. The molecular formula is C21H28N4O2. The van der Waals surface area contributed by atoms with Crippen molar-refractivity contribution in [3.63, 3.8) is 0 Å². The summed E-state index contributed by atoms with van der Waals surface area (Å²) in [7, 11) is 0. The number of nitrogens with one attached hydrogen (secondary N) is 2. The van der Waals surface area contributed by atoms with E-state index in [-0.39, 0.29) is 5.91 Å². The summed E-state index contributed by atoms with van der Waals surface area (Å²) in [5.74, 6) is 0.959. The standard InChI is InChI=1S/C21H28N4O2/c1-15-12-16(2)24-21(23-15)25-19(13-17-6-4-3-5-7-17)20(26)22-14-18-8-10-27-11-9-18/h3-7,12,18-19H,8-11,13-14H2,1-2H3,(H,22,26)(H,23,24,25)/t19-/m1/s1. The highest BCUT2D eigenvalue weighted by Crippen LogP contribution is 2.14. The van der Waals surface area contributed by atoms with Crippen molar-refractivity contribution in [1.82, 2.24) is 15.3 Å². The molecule has 1 amide bonds. The summed E-state index contributed by atoms with van der Waals surface area (Å²) >= 11 is 0. The number of carbonyl (C=O) groups excluding carboxylic acids is 1. The van der Waals surface area contributed by atoms with Crippen LogP contribution >= 0.6 is 0 Å². The van der Waals surface area contributed by atoms with Gasteiger partial charge in [-0.2, -0.15) is 0 Å². The van der Waals surface area contributed by atoms with Gasteiger partial charge in [0.05, 0.1) is 0 Å². The smallest absolute Gasteiger partial charge is 0.242 e. The predicted octanol–water partition coefficient (Wildman–Crippen LogP) is 2.66. The number of hydrogen-bond donors (Lipinski definition) is 2. The Hall–Kier alpha value is -2.47. The molecular weight excluding hydrogens is 340 g/mol. The van der Waals surface area contributed by atoms with Crippen molar-refractivity contribution in [2.75, 3.05) is 25.1 Å². The van der Waals surface area contributed by atoms with Crippen LogP contribution in [0.4, 0.5) is 5.95 Å². The van der Waals surface area contributed by atoms with Crippen molar-refractivity contribution in [1.29, 1.82) is 0 Å². The van der Waals surface area contributed by atoms with Gasteiger partial charge < -0.3 is 15.4 Å². The molecule has 1 fully saturated rings. The Bertz CT molecular complexity index is 725. The molecule has 27 heavy (non-hydrogen) atoms. The highest BCUT2D eigenvalue weighted by Gasteiger charge is 2.22. The second-order valence-electron chi connectivity index (χ2n) is 7.16. The number of carbonyl (C=O) groups is 1. The molecule has 1 aliphatic heterocycles. The van der Waals surface area contributed by atoms with Crippen LogP contribution in [-0.4, -0.2) is 41.7 Å². The second kappa shape index (κ2) is 9.46. The van der Waals surface area contributed by atoms with Gasteiger partial charge in [0.25, 0.3) is 0 Å². The Morgan fingerprint density at radius 1 is 1.15 bits per heavy atom. The van der Waals surface area contributed by atoms with Gasteiger partial charge in [-0.05, 0) is 44.2 Å². The molecule has 144 valence electrons. The Morgan fingerprint density at radius 2 is 1.81 bits per heavy atom. The molecule has 6 heteroatoms. The lowest BCUT2D eigenvalue weighted by Gasteiger charge is -2.24. The van der Waals surface area contributed by atoms with Crippen molar-refractivity contribution in [3.8, 4) is 0 Å². The molecule has 2 heterocycles. The van der Waals surface area contributed by atoms with Crippen molar-refractivity contribution < 1.29 is 9.53 Å². The van der Waals surface area contributed by atoms with Crippen LogP contribution in [0.3, 0.4) is 0 Å². The van der Waals surface area contributed by atoms with E-state index in [2.05, 4.69) is 20.6 Å². The van der Waals surface area contributed by atoms with Crippen LogP contribution in [0.15, 0.2) is 36.4 Å². The highest BCUT2D eigenvalue weighted by molar-refractivity contribution is 5.84. The minimum atomic E-state index is -0.423.